The van der Waals surface area contributed by atoms with Gasteiger partial charge in [-0.1, -0.05) is 189 Å². The average molecular weight is 778 g/mol. The molecule has 8 aromatic rings. The molecule has 0 amide bonds. The molecule has 2 atom stereocenters. The molecule has 61 heavy (non-hydrogen) atoms. The SMILES string of the molecule is C=Cc1ccccc1-c1c(N(C)c2ccc3c(c2)C2(C4=CCC(C)C=C4c4ccccc42)c2ccccc2-3)ccc2c1C1(c3ccccc3-c3ccccc31)c1ccccc1-2. The summed E-state index contributed by atoms with van der Waals surface area (Å²) in [7, 11) is 2.28. The zero-order valence-electron chi connectivity index (χ0n) is 34.4. The van der Waals surface area contributed by atoms with Crippen molar-refractivity contribution in [3.63, 3.8) is 0 Å². The van der Waals surface area contributed by atoms with E-state index in [4.69, 9.17) is 0 Å². The molecule has 0 radical (unpaired) electrons. The van der Waals surface area contributed by atoms with Gasteiger partial charge in [0.15, 0.2) is 0 Å². The van der Waals surface area contributed by atoms with Gasteiger partial charge in [0, 0.05) is 24.0 Å². The predicted octanol–water partition coefficient (Wildman–Crippen LogP) is 14.8. The standard InChI is InChI=1S/C60H43N/c1-4-38-17-5-6-18-40(38)57-56(34-32-47-44-22-10-16-28-53(44)60(58(47)57)51-26-14-8-19-41(51)42-20-9-15-27-52(42)60)61(3)39-30-31-46-43-21-7-12-24-49(43)59(55(46)36-39)50-25-13-11-23-45(50)48-35-37(2)29-33-54(48)59/h4-28,30-37H,1,29H2,2-3H3. The number of hydrogen-bond donors (Lipinski definition) is 0. The van der Waals surface area contributed by atoms with E-state index in [1.807, 2.05) is 6.08 Å². The lowest BCUT2D eigenvalue weighted by Crippen LogP contribution is -2.28. The summed E-state index contributed by atoms with van der Waals surface area (Å²) in [5.74, 6) is 0.500. The Hall–Kier alpha value is -7.22. The van der Waals surface area contributed by atoms with Crippen LogP contribution in [-0.4, -0.2) is 7.05 Å². The summed E-state index contributed by atoms with van der Waals surface area (Å²) in [6.45, 7) is 6.72. The summed E-state index contributed by atoms with van der Waals surface area (Å²) in [5, 5.41) is 0. The lowest BCUT2D eigenvalue weighted by Gasteiger charge is -2.35. The summed E-state index contributed by atoms with van der Waals surface area (Å²) in [6, 6.07) is 66.6. The third kappa shape index (κ3) is 4.21. The molecular formula is C60H43N. The van der Waals surface area contributed by atoms with Crippen molar-refractivity contribution in [2.75, 3.05) is 11.9 Å². The lowest BCUT2D eigenvalue weighted by atomic mass is 9.68. The van der Waals surface area contributed by atoms with E-state index in [0.717, 1.165) is 12.0 Å². The summed E-state index contributed by atoms with van der Waals surface area (Å²) in [6.07, 6.45) is 8.16. The van der Waals surface area contributed by atoms with Crippen LogP contribution in [0.2, 0.25) is 0 Å². The number of rotatable bonds is 4. The highest BCUT2D eigenvalue weighted by atomic mass is 15.1. The Labute approximate surface area is 358 Å². The summed E-state index contributed by atoms with van der Waals surface area (Å²) in [5.41, 5.74) is 26.6. The van der Waals surface area contributed by atoms with Crippen molar-refractivity contribution >= 4 is 23.0 Å². The molecule has 0 saturated carbocycles. The van der Waals surface area contributed by atoms with E-state index in [2.05, 4.69) is 214 Å². The van der Waals surface area contributed by atoms with E-state index in [9.17, 15) is 0 Å². The van der Waals surface area contributed by atoms with E-state index >= 15 is 0 Å². The molecule has 2 spiro atoms. The largest absolute Gasteiger partial charge is 0.344 e. The van der Waals surface area contributed by atoms with Gasteiger partial charge < -0.3 is 4.90 Å². The van der Waals surface area contributed by atoms with Gasteiger partial charge >= 0.3 is 0 Å². The molecule has 0 N–H and O–H groups in total. The molecular weight excluding hydrogens is 735 g/mol. The molecule has 0 saturated heterocycles. The second kappa shape index (κ2) is 12.4. The molecule has 5 aliphatic rings. The number of benzene rings is 8. The van der Waals surface area contributed by atoms with Gasteiger partial charge in [0.2, 0.25) is 0 Å². The van der Waals surface area contributed by atoms with Gasteiger partial charge in [0.1, 0.15) is 0 Å². The van der Waals surface area contributed by atoms with E-state index in [1.165, 1.54) is 112 Å². The van der Waals surface area contributed by atoms with Crippen LogP contribution >= 0.6 is 0 Å². The zero-order chi connectivity index (χ0) is 40.6. The van der Waals surface area contributed by atoms with Gasteiger partial charge in [-0.25, -0.2) is 0 Å². The van der Waals surface area contributed by atoms with Crippen LogP contribution in [0.1, 0.15) is 63.4 Å². The summed E-state index contributed by atoms with van der Waals surface area (Å²) >= 11 is 0. The highest BCUT2D eigenvalue weighted by molar-refractivity contribution is 6.04. The van der Waals surface area contributed by atoms with Gasteiger partial charge in [0.25, 0.3) is 0 Å². The van der Waals surface area contributed by atoms with Crippen LogP contribution in [0.5, 0.6) is 0 Å². The normalized spacial score (nSPS) is 18.6. The van der Waals surface area contributed by atoms with Crippen molar-refractivity contribution in [1.29, 1.82) is 0 Å². The maximum absolute atomic E-state index is 4.38. The number of fused-ring (bicyclic) bond motifs is 20. The first-order valence-corrected chi connectivity index (χ1v) is 21.8. The van der Waals surface area contributed by atoms with Crippen molar-refractivity contribution in [2.45, 2.75) is 24.2 Å². The summed E-state index contributed by atoms with van der Waals surface area (Å²) in [4.78, 5) is 2.46. The molecule has 0 fully saturated rings. The minimum atomic E-state index is -0.510. The van der Waals surface area contributed by atoms with Crippen molar-refractivity contribution in [3.8, 4) is 44.5 Å². The number of hydrogen-bond acceptors (Lipinski definition) is 1. The zero-order valence-corrected chi connectivity index (χ0v) is 34.4. The molecule has 288 valence electrons. The number of allylic oxidation sites excluding steroid dienone is 4. The number of nitrogens with zero attached hydrogens (tertiary/aromatic N) is 1. The first-order valence-electron chi connectivity index (χ1n) is 21.8. The van der Waals surface area contributed by atoms with E-state index in [1.54, 1.807) is 0 Å². The van der Waals surface area contributed by atoms with Gasteiger partial charge in [0.05, 0.1) is 10.8 Å². The van der Waals surface area contributed by atoms with Crippen LogP contribution in [-0.2, 0) is 10.8 Å². The van der Waals surface area contributed by atoms with Crippen molar-refractivity contribution in [2.24, 2.45) is 5.92 Å². The number of anilines is 2. The minimum absolute atomic E-state index is 0.384. The van der Waals surface area contributed by atoms with Gasteiger partial charge in [-0.2, -0.15) is 0 Å². The fourth-order valence-corrected chi connectivity index (χ4v) is 12.5. The topological polar surface area (TPSA) is 3.24 Å². The van der Waals surface area contributed by atoms with Crippen LogP contribution < -0.4 is 4.90 Å². The van der Waals surface area contributed by atoms with Crippen LogP contribution in [0.15, 0.2) is 200 Å². The average Bonchev–Trinajstić information content (AvgIpc) is 3.99. The summed E-state index contributed by atoms with van der Waals surface area (Å²) < 4.78 is 0. The Morgan fingerprint density at radius 3 is 1.59 bits per heavy atom. The molecule has 1 nitrogen and oxygen atoms in total. The second-order valence-corrected chi connectivity index (χ2v) is 17.6. The maximum atomic E-state index is 4.38. The fourth-order valence-electron chi connectivity index (χ4n) is 12.5. The third-order valence-corrected chi connectivity index (χ3v) is 14.8. The van der Waals surface area contributed by atoms with E-state index in [-0.39, 0.29) is 5.41 Å². The highest BCUT2D eigenvalue weighted by Crippen LogP contribution is 2.67. The molecule has 5 aliphatic carbocycles. The Kier molecular flexibility index (Phi) is 7.04. The van der Waals surface area contributed by atoms with Gasteiger partial charge in [-0.3, -0.25) is 0 Å². The molecule has 1 heteroatoms. The minimum Gasteiger partial charge on any atom is -0.344 e. The fraction of sp³-hybridized carbons (Fsp3) is 0.100. The lowest BCUT2D eigenvalue weighted by molar-refractivity contribution is 0.711. The monoisotopic (exact) mass is 777 g/mol. The predicted molar refractivity (Wildman–Crippen MR) is 254 cm³/mol. The Bertz CT molecular complexity index is 3240. The maximum Gasteiger partial charge on any atom is 0.0732 e. The highest BCUT2D eigenvalue weighted by Gasteiger charge is 2.55. The van der Waals surface area contributed by atoms with Gasteiger partial charge in [-0.15, -0.1) is 0 Å². The van der Waals surface area contributed by atoms with Crippen molar-refractivity contribution in [1.82, 2.24) is 0 Å². The Balaban J connectivity index is 1.10. The van der Waals surface area contributed by atoms with E-state index in [0.29, 0.717) is 5.92 Å². The second-order valence-electron chi connectivity index (χ2n) is 17.6. The third-order valence-electron chi connectivity index (χ3n) is 14.8. The van der Waals surface area contributed by atoms with Crippen LogP contribution in [0.25, 0.3) is 56.2 Å². The molecule has 0 aromatic heterocycles. The van der Waals surface area contributed by atoms with Crippen LogP contribution in [0.3, 0.4) is 0 Å². The molecule has 0 bridgehead atoms. The van der Waals surface area contributed by atoms with Gasteiger partial charge in [-0.05, 0) is 131 Å². The first kappa shape index (κ1) is 34.6. The molecule has 8 aromatic carbocycles. The van der Waals surface area contributed by atoms with Crippen molar-refractivity contribution < 1.29 is 0 Å². The van der Waals surface area contributed by atoms with Crippen molar-refractivity contribution in [3.05, 3.63) is 250 Å². The Morgan fingerprint density at radius 1 is 0.508 bits per heavy atom. The van der Waals surface area contributed by atoms with E-state index < -0.39 is 5.41 Å². The first-order chi connectivity index (χ1) is 30.1. The van der Waals surface area contributed by atoms with Crippen LogP contribution in [0.4, 0.5) is 11.4 Å². The van der Waals surface area contributed by atoms with Crippen LogP contribution in [0, 0.1) is 5.92 Å². The quantitative estimate of drug-likeness (QED) is 0.172. The molecule has 13 rings (SSSR count). The molecule has 2 unspecified atom stereocenters. The Morgan fingerprint density at radius 2 is 0.984 bits per heavy atom. The molecule has 0 heterocycles. The molecule has 0 aliphatic heterocycles. The smallest absolute Gasteiger partial charge is 0.0732 e.